The summed E-state index contributed by atoms with van der Waals surface area (Å²) in [6.45, 7) is 5.09. The lowest BCUT2D eigenvalue weighted by atomic mass is 10.1. The smallest absolute Gasteiger partial charge is 0.0412 e. The number of hydrogen-bond acceptors (Lipinski definition) is 1. The summed E-state index contributed by atoms with van der Waals surface area (Å²) in [5.41, 5.74) is 5.06. The molecule has 0 fully saturated rings. The zero-order valence-corrected chi connectivity index (χ0v) is 11.7. The molecule has 2 heteroatoms. The molecule has 0 aliphatic heterocycles. The van der Waals surface area contributed by atoms with E-state index >= 15 is 0 Å². The molecule has 0 heterocycles. The van der Waals surface area contributed by atoms with Crippen LogP contribution in [-0.2, 0) is 6.54 Å². The van der Waals surface area contributed by atoms with E-state index in [9.17, 15) is 0 Å². The summed E-state index contributed by atoms with van der Waals surface area (Å²) < 4.78 is 1.15. The fraction of sp³-hybridized carbons (Fsp3) is 0.200. The molecule has 0 amide bonds. The molecule has 2 aromatic rings. The minimum Gasteiger partial charge on any atom is -0.381 e. The van der Waals surface area contributed by atoms with Gasteiger partial charge in [0.1, 0.15) is 0 Å². The Morgan fingerprint density at radius 2 is 1.82 bits per heavy atom. The number of halogens is 1. The predicted octanol–water partition coefficient (Wildman–Crippen LogP) is 4.68. The van der Waals surface area contributed by atoms with Gasteiger partial charge in [-0.1, -0.05) is 51.8 Å². The number of rotatable bonds is 3. The van der Waals surface area contributed by atoms with Crippen molar-refractivity contribution in [2.45, 2.75) is 20.4 Å². The minimum absolute atomic E-state index is 0.839. The molecule has 2 aromatic carbocycles. The molecule has 1 N–H and O–H groups in total. The van der Waals surface area contributed by atoms with Gasteiger partial charge in [0.15, 0.2) is 0 Å². The first kappa shape index (κ1) is 12.2. The molecule has 88 valence electrons. The zero-order chi connectivity index (χ0) is 12.3. The van der Waals surface area contributed by atoms with Gasteiger partial charge >= 0.3 is 0 Å². The summed E-state index contributed by atoms with van der Waals surface area (Å²) in [7, 11) is 0. The average molecular weight is 290 g/mol. The third kappa shape index (κ3) is 3.10. The molecule has 1 nitrogen and oxygen atoms in total. The maximum absolute atomic E-state index is 3.56. The molecule has 17 heavy (non-hydrogen) atoms. The van der Waals surface area contributed by atoms with Crippen molar-refractivity contribution in [2.24, 2.45) is 0 Å². The van der Waals surface area contributed by atoms with Gasteiger partial charge in [0, 0.05) is 16.7 Å². The van der Waals surface area contributed by atoms with Gasteiger partial charge in [-0.15, -0.1) is 0 Å². The molecule has 0 unspecified atom stereocenters. The Bertz CT molecular complexity index is 520. The standard InChI is InChI=1S/C15H16BrN/c1-11-7-8-15(12(2)9-11)17-10-13-5-3-4-6-14(13)16/h3-9,17H,10H2,1-2H3. The van der Waals surface area contributed by atoms with Crippen LogP contribution in [0, 0.1) is 13.8 Å². The van der Waals surface area contributed by atoms with E-state index in [-0.39, 0.29) is 0 Å². The van der Waals surface area contributed by atoms with Crippen LogP contribution in [0.5, 0.6) is 0 Å². The van der Waals surface area contributed by atoms with Gasteiger partial charge < -0.3 is 5.32 Å². The fourth-order valence-electron chi connectivity index (χ4n) is 1.84. The van der Waals surface area contributed by atoms with E-state index in [2.05, 4.69) is 71.5 Å². The lowest BCUT2D eigenvalue weighted by Crippen LogP contribution is -2.01. The van der Waals surface area contributed by atoms with Gasteiger partial charge in [0.25, 0.3) is 0 Å². The molecule has 2 rings (SSSR count). The summed E-state index contributed by atoms with van der Waals surface area (Å²) in [4.78, 5) is 0. The van der Waals surface area contributed by atoms with Gasteiger partial charge in [-0.3, -0.25) is 0 Å². The quantitative estimate of drug-likeness (QED) is 0.865. The van der Waals surface area contributed by atoms with E-state index in [0.717, 1.165) is 11.0 Å². The Kier molecular flexibility index (Phi) is 3.85. The van der Waals surface area contributed by atoms with Gasteiger partial charge in [0.05, 0.1) is 0 Å². The van der Waals surface area contributed by atoms with Crippen molar-refractivity contribution in [1.29, 1.82) is 0 Å². The number of aryl methyl sites for hydroxylation is 2. The molecule has 0 saturated carbocycles. The molecule has 0 spiro atoms. The van der Waals surface area contributed by atoms with E-state index in [0.29, 0.717) is 0 Å². The molecule has 0 aliphatic carbocycles. The van der Waals surface area contributed by atoms with E-state index in [1.165, 1.54) is 22.4 Å². The van der Waals surface area contributed by atoms with Crippen LogP contribution in [0.25, 0.3) is 0 Å². The second kappa shape index (κ2) is 5.37. The Morgan fingerprint density at radius 3 is 2.53 bits per heavy atom. The monoisotopic (exact) mass is 289 g/mol. The third-order valence-corrected chi connectivity index (χ3v) is 3.58. The van der Waals surface area contributed by atoms with E-state index in [4.69, 9.17) is 0 Å². The van der Waals surface area contributed by atoms with Crippen molar-refractivity contribution < 1.29 is 0 Å². The SMILES string of the molecule is Cc1ccc(NCc2ccccc2Br)c(C)c1. The van der Waals surface area contributed by atoms with Crippen LogP contribution in [0.15, 0.2) is 46.9 Å². The second-order valence-corrected chi connectivity index (χ2v) is 5.12. The number of nitrogens with one attached hydrogen (secondary N) is 1. The Hall–Kier alpha value is -1.28. The molecule has 0 bridgehead atoms. The molecule has 0 aliphatic rings. The van der Waals surface area contributed by atoms with Crippen LogP contribution in [0.4, 0.5) is 5.69 Å². The Morgan fingerprint density at radius 1 is 1.06 bits per heavy atom. The largest absolute Gasteiger partial charge is 0.381 e. The minimum atomic E-state index is 0.839. The van der Waals surface area contributed by atoms with Crippen molar-refractivity contribution in [1.82, 2.24) is 0 Å². The first-order valence-corrected chi connectivity index (χ1v) is 6.50. The highest BCUT2D eigenvalue weighted by Crippen LogP contribution is 2.20. The van der Waals surface area contributed by atoms with E-state index < -0.39 is 0 Å². The van der Waals surface area contributed by atoms with Crippen molar-refractivity contribution in [3.8, 4) is 0 Å². The Labute approximate surface area is 111 Å². The maximum atomic E-state index is 3.56. The summed E-state index contributed by atoms with van der Waals surface area (Å²) in [6, 6.07) is 14.8. The summed E-state index contributed by atoms with van der Waals surface area (Å²) in [5.74, 6) is 0. The summed E-state index contributed by atoms with van der Waals surface area (Å²) >= 11 is 3.56. The van der Waals surface area contributed by atoms with Crippen LogP contribution < -0.4 is 5.32 Å². The lowest BCUT2D eigenvalue weighted by molar-refractivity contribution is 1.13. The molecular weight excluding hydrogens is 274 g/mol. The maximum Gasteiger partial charge on any atom is 0.0412 e. The highest BCUT2D eigenvalue weighted by atomic mass is 79.9. The van der Waals surface area contributed by atoms with Crippen LogP contribution >= 0.6 is 15.9 Å². The van der Waals surface area contributed by atoms with E-state index in [1.54, 1.807) is 0 Å². The molecule has 0 radical (unpaired) electrons. The van der Waals surface area contributed by atoms with Crippen molar-refractivity contribution >= 4 is 21.6 Å². The Balaban J connectivity index is 2.10. The molecular formula is C15H16BrN. The number of anilines is 1. The van der Waals surface area contributed by atoms with Crippen LogP contribution in [0.1, 0.15) is 16.7 Å². The van der Waals surface area contributed by atoms with Crippen molar-refractivity contribution in [2.75, 3.05) is 5.32 Å². The van der Waals surface area contributed by atoms with Crippen molar-refractivity contribution in [3.05, 3.63) is 63.6 Å². The van der Waals surface area contributed by atoms with Crippen LogP contribution in [0.3, 0.4) is 0 Å². The fourth-order valence-corrected chi connectivity index (χ4v) is 2.27. The summed E-state index contributed by atoms with van der Waals surface area (Å²) in [5, 5.41) is 3.47. The van der Waals surface area contributed by atoms with Crippen LogP contribution in [0.2, 0.25) is 0 Å². The molecule has 0 aromatic heterocycles. The first-order chi connectivity index (χ1) is 8.16. The highest BCUT2D eigenvalue weighted by molar-refractivity contribution is 9.10. The highest BCUT2D eigenvalue weighted by Gasteiger charge is 2.00. The molecule has 0 atom stereocenters. The first-order valence-electron chi connectivity index (χ1n) is 5.71. The average Bonchev–Trinajstić information content (AvgIpc) is 2.30. The second-order valence-electron chi connectivity index (χ2n) is 4.26. The lowest BCUT2D eigenvalue weighted by Gasteiger charge is -2.11. The number of benzene rings is 2. The predicted molar refractivity (Wildman–Crippen MR) is 77.4 cm³/mol. The normalized spacial score (nSPS) is 10.3. The van der Waals surface area contributed by atoms with E-state index in [1.807, 2.05) is 6.07 Å². The topological polar surface area (TPSA) is 12.0 Å². The zero-order valence-electron chi connectivity index (χ0n) is 10.1. The van der Waals surface area contributed by atoms with Gasteiger partial charge in [-0.25, -0.2) is 0 Å². The summed E-state index contributed by atoms with van der Waals surface area (Å²) in [6.07, 6.45) is 0. The molecule has 0 saturated heterocycles. The van der Waals surface area contributed by atoms with Gasteiger partial charge in [-0.2, -0.15) is 0 Å². The van der Waals surface area contributed by atoms with Gasteiger partial charge in [0.2, 0.25) is 0 Å². The van der Waals surface area contributed by atoms with Crippen LogP contribution in [-0.4, -0.2) is 0 Å². The van der Waals surface area contributed by atoms with Gasteiger partial charge in [-0.05, 0) is 37.1 Å². The third-order valence-electron chi connectivity index (χ3n) is 2.81. The number of hydrogen-bond donors (Lipinski definition) is 1. The van der Waals surface area contributed by atoms with Crippen molar-refractivity contribution in [3.63, 3.8) is 0 Å².